The third kappa shape index (κ3) is 6.70. The number of ether oxygens (including phenoxy) is 2. The van der Waals surface area contributed by atoms with Crippen LogP contribution in [0, 0.1) is 6.92 Å². The van der Waals surface area contributed by atoms with Gasteiger partial charge in [0.05, 0.1) is 12.6 Å². The average Bonchev–Trinajstić information content (AvgIpc) is 3.17. The van der Waals surface area contributed by atoms with E-state index in [1.165, 1.54) is 11.1 Å². The summed E-state index contributed by atoms with van der Waals surface area (Å²) in [5.74, 6) is 0.131. The quantitative estimate of drug-likeness (QED) is 0.211. The van der Waals surface area contributed by atoms with Crippen LogP contribution in [0.25, 0.3) is 10.9 Å². The smallest absolute Gasteiger partial charge is 0.349 e. The summed E-state index contributed by atoms with van der Waals surface area (Å²) in [6, 6.07) is 22.1. The number of hydrogen-bond acceptors (Lipinski definition) is 4. The van der Waals surface area contributed by atoms with Crippen molar-refractivity contribution >= 4 is 22.8 Å². The molecule has 0 radical (unpaired) electrons. The van der Waals surface area contributed by atoms with E-state index in [1.807, 2.05) is 50.4 Å². The molecule has 0 fully saturated rings. The van der Waals surface area contributed by atoms with E-state index in [-0.39, 0.29) is 17.4 Å². The minimum atomic E-state index is -1.07. The molecule has 3 aromatic carbocycles. The van der Waals surface area contributed by atoms with Crippen LogP contribution >= 0.6 is 0 Å². The number of nitrogens with zero attached hydrogens (tertiary/aromatic N) is 1. The Kier molecular flexibility index (Phi) is 8.86. The number of benzene rings is 3. The highest BCUT2D eigenvalue weighted by Gasteiger charge is 2.31. The first-order valence-electron chi connectivity index (χ1n) is 14.7. The minimum Gasteiger partial charge on any atom is -0.476 e. The molecule has 4 rings (SSSR count). The molecule has 0 aliphatic heterocycles. The fourth-order valence-corrected chi connectivity index (χ4v) is 5.17. The maximum absolute atomic E-state index is 13.3. The van der Waals surface area contributed by atoms with E-state index in [9.17, 15) is 9.59 Å². The van der Waals surface area contributed by atoms with Crippen molar-refractivity contribution in [1.82, 2.24) is 9.88 Å². The van der Waals surface area contributed by atoms with Gasteiger partial charge in [0.2, 0.25) is 0 Å². The molecule has 42 heavy (non-hydrogen) atoms. The molecule has 1 aromatic heterocycles. The van der Waals surface area contributed by atoms with Gasteiger partial charge in [0, 0.05) is 29.2 Å². The number of fused-ring (bicyclic) bond motifs is 1. The first kappa shape index (κ1) is 30.9. The summed E-state index contributed by atoms with van der Waals surface area (Å²) in [6.07, 6.45) is 0.734. The van der Waals surface area contributed by atoms with Crippen LogP contribution in [0.4, 0.5) is 0 Å². The highest BCUT2D eigenvalue weighted by Crippen LogP contribution is 2.30. The van der Waals surface area contributed by atoms with Crippen LogP contribution in [0.1, 0.15) is 92.8 Å². The molecule has 0 unspecified atom stereocenters. The van der Waals surface area contributed by atoms with Crippen molar-refractivity contribution in [3.63, 3.8) is 0 Å². The predicted molar refractivity (Wildman–Crippen MR) is 169 cm³/mol. The maximum Gasteiger partial charge on any atom is 0.349 e. The van der Waals surface area contributed by atoms with Gasteiger partial charge in [-0.1, -0.05) is 63.2 Å². The number of aromatic nitrogens is 1. The second-order valence-electron chi connectivity index (χ2n) is 12.6. The number of nitrogens with one attached hydrogen (secondary N) is 1. The van der Waals surface area contributed by atoms with Crippen molar-refractivity contribution in [3.05, 3.63) is 100 Å². The van der Waals surface area contributed by atoms with E-state index < -0.39 is 11.6 Å². The summed E-state index contributed by atoms with van der Waals surface area (Å²) < 4.78 is 13.2. The monoisotopic (exact) mass is 568 g/mol. The number of aryl methyl sites for hydroxylation is 1. The van der Waals surface area contributed by atoms with E-state index in [2.05, 4.69) is 67.9 Å². The molecule has 0 saturated carbocycles. The number of amides is 1. The molecule has 1 heterocycles. The molecule has 1 atom stereocenters. The van der Waals surface area contributed by atoms with Gasteiger partial charge in [0.1, 0.15) is 5.75 Å². The van der Waals surface area contributed by atoms with E-state index in [0.717, 1.165) is 34.1 Å². The van der Waals surface area contributed by atoms with Crippen molar-refractivity contribution < 1.29 is 19.1 Å². The van der Waals surface area contributed by atoms with Crippen molar-refractivity contribution in [2.75, 3.05) is 6.61 Å². The zero-order chi connectivity index (χ0) is 30.8. The van der Waals surface area contributed by atoms with Gasteiger partial charge >= 0.3 is 5.97 Å². The minimum absolute atomic E-state index is 0.0454. The SMILES string of the molecule is CCOC(=O)C(C)(C)Oc1ccc(Cc2c(C)n(C)c3cc(C(=O)N[C@@H](C)c4cccc(C(C)(C)C)c4)ccc23)cc1. The van der Waals surface area contributed by atoms with Crippen LogP contribution in [-0.4, -0.2) is 28.7 Å². The third-order valence-electron chi connectivity index (χ3n) is 7.93. The topological polar surface area (TPSA) is 69.6 Å². The average molecular weight is 569 g/mol. The lowest BCUT2D eigenvalue weighted by atomic mass is 9.85. The number of rotatable bonds is 9. The van der Waals surface area contributed by atoms with Crippen LogP contribution in [0.3, 0.4) is 0 Å². The molecule has 0 aliphatic rings. The third-order valence-corrected chi connectivity index (χ3v) is 7.93. The van der Waals surface area contributed by atoms with E-state index in [4.69, 9.17) is 9.47 Å². The van der Waals surface area contributed by atoms with Crippen LogP contribution in [-0.2, 0) is 28.4 Å². The van der Waals surface area contributed by atoms with Crippen molar-refractivity contribution in [3.8, 4) is 5.75 Å². The number of carbonyl (C=O) groups excluding carboxylic acids is 2. The fraction of sp³-hybridized carbons (Fsp3) is 0.389. The van der Waals surface area contributed by atoms with E-state index in [0.29, 0.717) is 17.9 Å². The summed E-state index contributed by atoms with van der Waals surface area (Å²) in [4.78, 5) is 25.5. The Hall–Kier alpha value is -4.06. The van der Waals surface area contributed by atoms with Crippen LogP contribution in [0.5, 0.6) is 5.75 Å². The Labute approximate surface area is 250 Å². The molecule has 0 aliphatic carbocycles. The fourth-order valence-electron chi connectivity index (χ4n) is 5.17. The van der Waals surface area contributed by atoms with Gasteiger partial charge in [-0.3, -0.25) is 4.79 Å². The molecule has 0 spiro atoms. The van der Waals surface area contributed by atoms with Gasteiger partial charge in [-0.2, -0.15) is 0 Å². The van der Waals surface area contributed by atoms with Gasteiger partial charge < -0.3 is 19.4 Å². The van der Waals surface area contributed by atoms with Gasteiger partial charge in [-0.25, -0.2) is 4.79 Å². The van der Waals surface area contributed by atoms with Gasteiger partial charge in [-0.05, 0) is 93.0 Å². The van der Waals surface area contributed by atoms with Crippen LogP contribution in [0.15, 0.2) is 66.7 Å². The molecule has 1 amide bonds. The molecule has 0 saturated heterocycles. The Morgan fingerprint density at radius 2 is 1.64 bits per heavy atom. The normalized spacial score (nSPS) is 12.7. The number of hydrogen-bond donors (Lipinski definition) is 1. The zero-order valence-electron chi connectivity index (χ0n) is 26.4. The number of carbonyl (C=O) groups is 2. The summed E-state index contributed by atoms with van der Waals surface area (Å²) >= 11 is 0. The Bertz CT molecular complexity index is 1590. The van der Waals surface area contributed by atoms with Crippen molar-refractivity contribution in [1.29, 1.82) is 0 Å². The highest BCUT2D eigenvalue weighted by molar-refractivity contribution is 5.99. The van der Waals surface area contributed by atoms with Crippen LogP contribution < -0.4 is 10.1 Å². The largest absolute Gasteiger partial charge is 0.476 e. The molecule has 6 nitrogen and oxygen atoms in total. The molecule has 4 aromatic rings. The van der Waals surface area contributed by atoms with E-state index in [1.54, 1.807) is 20.8 Å². The first-order valence-corrected chi connectivity index (χ1v) is 14.7. The molecule has 222 valence electrons. The van der Waals surface area contributed by atoms with Crippen LogP contribution in [0.2, 0.25) is 0 Å². The molecule has 6 heteroatoms. The Balaban J connectivity index is 1.51. The predicted octanol–water partition coefficient (Wildman–Crippen LogP) is 7.59. The second kappa shape index (κ2) is 12.0. The highest BCUT2D eigenvalue weighted by atomic mass is 16.6. The lowest BCUT2D eigenvalue weighted by Gasteiger charge is -2.24. The maximum atomic E-state index is 13.3. The van der Waals surface area contributed by atoms with Gasteiger partial charge in [-0.15, -0.1) is 0 Å². The van der Waals surface area contributed by atoms with Gasteiger partial charge in [0.25, 0.3) is 5.91 Å². The molecular weight excluding hydrogens is 524 g/mol. The molecule has 0 bridgehead atoms. The lowest BCUT2D eigenvalue weighted by molar-refractivity contribution is -0.158. The zero-order valence-corrected chi connectivity index (χ0v) is 26.4. The Morgan fingerprint density at radius 3 is 2.29 bits per heavy atom. The lowest BCUT2D eigenvalue weighted by Crippen LogP contribution is -2.39. The number of esters is 1. The molecular formula is C36H44N2O4. The Morgan fingerprint density at radius 1 is 0.952 bits per heavy atom. The summed E-state index contributed by atoms with van der Waals surface area (Å²) in [5, 5.41) is 4.31. The summed E-state index contributed by atoms with van der Waals surface area (Å²) in [6.45, 7) is 16.2. The first-order chi connectivity index (χ1) is 19.7. The second-order valence-corrected chi connectivity index (χ2v) is 12.6. The van der Waals surface area contributed by atoms with E-state index >= 15 is 0 Å². The molecule has 1 N–H and O–H groups in total. The summed E-state index contributed by atoms with van der Waals surface area (Å²) in [7, 11) is 2.04. The van der Waals surface area contributed by atoms with Crippen molar-refractivity contribution in [2.45, 2.75) is 78.9 Å². The van der Waals surface area contributed by atoms with Crippen molar-refractivity contribution in [2.24, 2.45) is 7.05 Å². The standard InChI is InChI=1S/C36H44N2O4/c1-10-41-34(40)36(7,8)42-29-17-14-25(15-18-29)20-31-24(3)38(9)32-22-27(16-19-30(31)32)33(39)37-23(2)26-12-11-13-28(21-26)35(4,5)6/h11-19,21-23H,10,20H2,1-9H3,(H,37,39)/t23-/m0/s1. The van der Waals surface area contributed by atoms with Gasteiger partial charge in [0.15, 0.2) is 5.60 Å². The summed E-state index contributed by atoms with van der Waals surface area (Å²) in [5.41, 5.74) is 6.47.